The summed E-state index contributed by atoms with van der Waals surface area (Å²) in [5.41, 5.74) is 7.09. The largest absolute Gasteiger partial charge is 0.330 e. The molecule has 1 saturated heterocycles. The van der Waals surface area contributed by atoms with Crippen LogP contribution in [-0.4, -0.2) is 19.1 Å². The predicted octanol–water partition coefficient (Wildman–Crippen LogP) is 1.56. The van der Waals surface area contributed by atoms with Gasteiger partial charge >= 0.3 is 0 Å². The van der Waals surface area contributed by atoms with Crippen molar-refractivity contribution < 1.29 is 0 Å². The molecule has 0 aliphatic carbocycles. The van der Waals surface area contributed by atoms with Crippen LogP contribution < -0.4 is 11.1 Å². The average molecular weight is 204 g/mol. The Balaban J connectivity index is 1.82. The first kappa shape index (κ1) is 10.7. The minimum atomic E-state index is 0.648. The maximum Gasteiger partial charge on any atom is 0.0108 e. The minimum Gasteiger partial charge on any atom is -0.330 e. The molecule has 0 spiro atoms. The van der Waals surface area contributed by atoms with Crippen molar-refractivity contribution in [3.8, 4) is 0 Å². The molecule has 0 amide bonds. The molecule has 0 bridgehead atoms. The first-order valence-electron chi connectivity index (χ1n) is 5.86. The highest BCUT2D eigenvalue weighted by Crippen LogP contribution is 2.16. The van der Waals surface area contributed by atoms with Gasteiger partial charge in [0.15, 0.2) is 0 Å². The molecule has 1 aliphatic heterocycles. The van der Waals surface area contributed by atoms with Gasteiger partial charge in [0, 0.05) is 6.04 Å². The molecule has 0 aromatic heterocycles. The third-order valence-corrected chi connectivity index (χ3v) is 3.28. The van der Waals surface area contributed by atoms with Crippen LogP contribution in [0.15, 0.2) is 30.3 Å². The Morgan fingerprint density at radius 1 is 1.20 bits per heavy atom. The average Bonchev–Trinajstić information content (AvgIpc) is 2.31. The van der Waals surface area contributed by atoms with Gasteiger partial charge < -0.3 is 11.1 Å². The van der Waals surface area contributed by atoms with Crippen molar-refractivity contribution in [1.82, 2.24) is 5.32 Å². The maximum atomic E-state index is 5.66. The first-order chi connectivity index (χ1) is 7.38. The second-order valence-corrected chi connectivity index (χ2v) is 4.47. The van der Waals surface area contributed by atoms with Crippen LogP contribution in [0.5, 0.6) is 0 Å². The number of hydrogen-bond acceptors (Lipinski definition) is 2. The molecule has 82 valence electrons. The molecular formula is C13H20N2. The fourth-order valence-corrected chi connectivity index (χ4v) is 2.25. The molecule has 2 unspecified atom stereocenters. The number of nitrogens with one attached hydrogen (secondary N) is 1. The Morgan fingerprint density at radius 3 is 2.60 bits per heavy atom. The van der Waals surface area contributed by atoms with Crippen molar-refractivity contribution in [2.45, 2.75) is 25.3 Å². The molecule has 1 heterocycles. The van der Waals surface area contributed by atoms with Gasteiger partial charge in [0.05, 0.1) is 0 Å². The summed E-state index contributed by atoms with van der Waals surface area (Å²) in [6, 6.07) is 11.4. The zero-order valence-electron chi connectivity index (χ0n) is 9.15. The summed E-state index contributed by atoms with van der Waals surface area (Å²) < 4.78 is 0. The lowest BCUT2D eigenvalue weighted by atomic mass is 9.91. The van der Waals surface area contributed by atoms with Crippen LogP contribution in [0.4, 0.5) is 0 Å². The van der Waals surface area contributed by atoms with Crippen LogP contribution in [-0.2, 0) is 6.42 Å². The molecular weight excluding hydrogens is 184 g/mol. The van der Waals surface area contributed by atoms with Crippen molar-refractivity contribution in [2.24, 2.45) is 11.7 Å². The van der Waals surface area contributed by atoms with Crippen molar-refractivity contribution >= 4 is 0 Å². The van der Waals surface area contributed by atoms with Crippen LogP contribution in [0, 0.1) is 5.92 Å². The number of nitrogens with two attached hydrogens (primary N) is 1. The first-order valence-corrected chi connectivity index (χ1v) is 5.86. The highest BCUT2D eigenvalue weighted by molar-refractivity contribution is 5.16. The van der Waals surface area contributed by atoms with Crippen LogP contribution >= 0.6 is 0 Å². The van der Waals surface area contributed by atoms with E-state index in [2.05, 4.69) is 35.6 Å². The van der Waals surface area contributed by atoms with Gasteiger partial charge in [-0.1, -0.05) is 30.3 Å². The van der Waals surface area contributed by atoms with Crippen LogP contribution in [0.1, 0.15) is 18.4 Å². The molecule has 1 fully saturated rings. The quantitative estimate of drug-likeness (QED) is 0.784. The van der Waals surface area contributed by atoms with E-state index in [1.807, 2.05) is 0 Å². The van der Waals surface area contributed by atoms with E-state index < -0.39 is 0 Å². The van der Waals surface area contributed by atoms with Gasteiger partial charge in [0.25, 0.3) is 0 Å². The summed E-state index contributed by atoms with van der Waals surface area (Å²) in [4.78, 5) is 0. The van der Waals surface area contributed by atoms with E-state index in [1.54, 1.807) is 0 Å². The van der Waals surface area contributed by atoms with Gasteiger partial charge in [-0.3, -0.25) is 0 Å². The molecule has 1 aromatic rings. The molecule has 2 heteroatoms. The van der Waals surface area contributed by atoms with Gasteiger partial charge in [0.2, 0.25) is 0 Å². The molecule has 0 radical (unpaired) electrons. The third kappa shape index (κ3) is 3.05. The van der Waals surface area contributed by atoms with E-state index in [0.717, 1.165) is 19.5 Å². The van der Waals surface area contributed by atoms with Crippen molar-refractivity contribution in [1.29, 1.82) is 0 Å². The van der Waals surface area contributed by atoms with Crippen molar-refractivity contribution in [3.05, 3.63) is 35.9 Å². The zero-order chi connectivity index (χ0) is 10.5. The Hall–Kier alpha value is -0.860. The number of hydrogen-bond donors (Lipinski definition) is 2. The van der Waals surface area contributed by atoms with Gasteiger partial charge in [-0.2, -0.15) is 0 Å². The number of rotatable bonds is 3. The fourth-order valence-electron chi connectivity index (χ4n) is 2.25. The zero-order valence-corrected chi connectivity index (χ0v) is 9.15. The van der Waals surface area contributed by atoms with E-state index in [4.69, 9.17) is 5.73 Å². The summed E-state index contributed by atoms with van der Waals surface area (Å²) in [6.45, 7) is 1.92. The van der Waals surface area contributed by atoms with Crippen LogP contribution in [0.25, 0.3) is 0 Å². The molecule has 3 N–H and O–H groups in total. The highest BCUT2D eigenvalue weighted by atomic mass is 14.9. The van der Waals surface area contributed by atoms with E-state index >= 15 is 0 Å². The van der Waals surface area contributed by atoms with Gasteiger partial charge in [-0.05, 0) is 43.8 Å². The lowest BCUT2D eigenvalue weighted by Gasteiger charge is -2.29. The Labute approximate surface area is 91.9 Å². The second-order valence-electron chi connectivity index (χ2n) is 4.47. The topological polar surface area (TPSA) is 38.0 Å². The summed E-state index contributed by atoms with van der Waals surface area (Å²) in [6.07, 6.45) is 3.69. The second kappa shape index (κ2) is 5.29. The van der Waals surface area contributed by atoms with Crippen molar-refractivity contribution in [3.63, 3.8) is 0 Å². The Bertz CT molecular complexity index is 276. The fraction of sp³-hybridized carbons (Fsp3) is 0.538. The van der Waals surface area contributed by atoms with Crippen LogP contribution in [0.3, 0.4) is 0 Å². The number of piperidine rings is 1. The van der Waals surface area contributed by atoms with E-state index in [-0.39, 0.29) is 0 Å². The minimum absolute atomic E-state index is 0.648. The lowest BCUT2D eigenvalue weighted by molar-refractivity contribution is 0.314. The molecule has 1 aromatic carbocycles. The molecule has 2 atom stereocenters. The smallest absolute Gasteiger partial charge is 0.0108 e. The summed E-state index contributed by atoms with van der Waals surface area (Å²) >= 11 is 0. The molecule has 15 heavy (non-hydrogen) atoms. The maximum absolute atomic E-state index is 5.66. The highest BCUT2D eigenvalue weighted by Gasteiger charge is 2.19. The number of benzene rings is 1. The monoisotopic (exact) mass is 204 g/mol. The predicted molar refractivity (Wildman–Crippen MR) is 63.7 cm³/mol. The normalized spacial score (nSPS) is 26.5. The molecule has 2 rings (SSSR count). The Kier molecular flexibility index (Phi) is 3.75. The standard InChI is InChI=1S/C13H20N2/c14-9-12-6-7-13(15-10-12)8-11-4-2-1-3-5-11/h1-5,12-13,15H,6-10,14H2. The molecule has 2 nitrogen and oxygen atoms in total. The van der Waals surface area contributed by atoms with E-state index in [9.17, 15) is 0 Å². The van der Waals surface area contributed by atoms with E-state index in [1.165, 1.54) is 18.4 Å². The lowest BCUT2D eigenvalue weighted by Crippen LogP contribution is -2.42. The van der Waals surface area contributed by atoms with Gasteiger partial charge in [-0.25, -0.2) is 0 Å². The summed E-state index contributed by atoms with van der Waals surface area (Å²) in [7, 11) is 0. The third-order valence-electron chi connectivity index (χ3n) is 3.28. The van der Waals surface area contributed by atoms with Gasteiger partial charge in [0.1, 0.15) is 0 Å². The SMILES string of the molecule is NCC1CCC(Cc2ccccc2)NC1. The Morgan fingerprint density at radius 2 is 2.00 bits per heavy atom. The van der Waals surface area contributed by atoms with Crippen LogP contribution in [0.2, 0.25) is 0 Å². The van der Waals surface area contributed by atoms with Gasteiger partial charge in [-0.15, -0.1) is 0 Å². The summed E-state index contributed by atoms with van der Waals surface area (Å²) in [5.74, 6) is 0.692. The van der Waals surface area contributed by atoms with E-state index in [0.29, 0.717) is 12.0 Å². The van der Waals surface area contributed by atoms with Crippen molar-refractivity contribution in [2.75, 3.05) is 13.1 Å². The molecule has 0 saturated carbocycles. The summed E-state index contributed by atoms with van der Waals surface area (Å²) in [5, 5.41) is 3.59. The molecule has 1 aliphatic rings.